The van der Waals surface area contributed by atoms with E-state index in [0.717, 1.165) is 6.42 Å². The Morgan fingerprint density at radius 1 is 1.58 bits per heavy atom. The van der Waals surface area contributed by atoms with Crippen molar-refractivity contribution < 1.29 is 9.84 Å². The lowest BCUT2D eigenvalue weighted by Crippen LogP contribution is -2.27. The number of nitrogens with two attached hydrogens (primary N) is 1. The fourth-order valence-corrected chi connectivity index (χ4v) is 1.75. The van der Waals surface area contributed by atoms with Crippen LogP contribution in [0.1, 0.15) is 26.2 Å². The highest BCUT2D eigenvalue weighted by Gasteiger charge is 2.26. The standard InChI is InChI=1S/C9H19NO2/c1-7(11)6-12-9-4-2-3-8(9)5-10/h7-9,11H,2-6,10H2,1H3. The fraction of sp³-hybridized carbons (Fsp3) is 1.00. The molecule has 3 atom stereocenters. The average Bonchev–Trinajstić information content (AvgIpc) is 2.47. The van der Waals surface area contributed by atoms with Crippen LogP contribution in [0.25, 0.3) is 0 Å². The Hall–Kier alpha value is -0.120. The number of aliphatic hydroxyl groups excluding tert-OH is 1. The molecular weight excluding hydrogens is 154 g/mol. The molecular formula is C9H19NO2. The molecule has 1 rings (SSSR count). The van der Waals surface area contributed by atoms with Gasteiger partial charge in [0, 0.05) is 0 Å². The molecule has 1 aliphatic rings. The van der Waals surface area contributed by atoms with Crippen LogP contribution in [-0.4, -0.2) is 30.5 Å². The topological polar surface area (TPSA) is 55.5 Å². The van der Waals surface area contributed by atoms with Gasteiger partial charge in [-0.15, -0.1) is 0 Å². The second kappa shape index (κ2) is 4.80. The van der Waals surface area contributed by atoms with Gasteiger partial charge in [0.2, 0.25) is 0 Å². The summed E-state index contributed by atoms with van der Waals surface area (Å²) in [4.78, 5) is 0. The maximum atomic E-state index is 9.02. The number of ether oxygens (including phenoxy) is 1. The summed E-state index contributed by atoms with van der Waals surface area (Å²) in [6, 6.07) is 0. The molecule has 0 aromatic rings. The third-order valence-corrected chi connectivity index (χ3v) is 2.44. The second-order valence-electron chi connectivity index (χ2n) is 3.65. The van der Waals surface area contributed by atoms with E-state index in [1.165, 1.54) is 12.8 Å². The Bertz CT molecular complexity index is 128. The Balaban J connectivity index is 2.21. The van der Waals surface area contributed by atoms with Gasteiger partial charge in [-0.2, -0.15) is 0 Å². The molecule has 0 amide bonds. The van der Waals surface area contributed by atoms with Gasteiger partial charge >= 0.3 is 0 Å². The molecule has 0 aromatic carbocycles. The van der Waals surface area contributed by atoms with Gasteiger partial charge in [-0.05, 0) is 32.2 Å². The number of hydrogen-bond acceptors (Lipinski definition) is 3. The molecule has 1 fully saturated rings. The molecule has 3 heteroatoms. The van der Waals surface area contributed by atoms with Crippen LogP contribution in [0.3, 0.4) is 0 Å². The lowest BCUT2D eigenvalue weighted by Gasteiger charge is -2.19. The van der Waals surface area contributed by atoms with Crippen molar-refractivity contribution in [1.29, 1.82) is 0 Å². The largest absolute Gasteiger partial charge is 0.391 e. The summed E-state index contributed by atoms with van der Waals surface area (Å²) in [6.07, 6.45) is 3.44. The summed E-state index contributed by atoms with van der Waals surface area (Å²) in [6.45, 7) is 2.90. The van der Waals surface area contributed by atoms with Gasteiger partial charge in [0.1, 0.15) is 0 Å². The average molecular weight is 173 g/mol. The maximum absolute atomic E-state index is 9.02. The van der Waals surface area contributed by atoms with Gasteiger partial charge in [-0.3, -0.25) is 0 Å². The minimum Gasteiger partial charge on any atom is -0.391 e. The summed E-state index contributed by atoms with van der Waals surface area (Å²) in [5.74, 6) is 0.517. The fourth-order valence-electron chi connectivity index (χ4n) is 1.75. The molecule has 0 bridgehead atoms. The summed E-state index contributed by atoms with van der Waals surface area (Å²) in [5.41, 5.74) is 5.59. The predicted molar refractivity (Wildman–Crippen MR) is 47.8 cm³/mol. The van der Waals surface area contributed by atoms with Crippen molar-refractivity contribution in [1.82, 2.24) is 0 Å². The van der Waals surface area contributed by atoms with Crippen LogP contribution in [-0.2, 0) is 4.74 Å². The third kappa shape index (κ3) is 2.73. The van der Waals surface area contributed by atoms with Gasteiger partial charge in [-0.1, -0.05) is 6.42 Å². The van der Waals surface area contributed by atoms with Gasteiger partial charge in [-0.25, -0.2) is 0 Å². The third-order valence-electron chi connectivity index (χ3n) is 2.44. The molecule has 3 unspecified atom stereocenters. The van der Waals surface area contributed by atoms with Crippen LogP contribution >= 0.6 is 0 Å². The van der Waals surface area contributed by atoms with Gasteiger partial charge < -0.3 is 15.6 Å². The van der Waals surface area contributed by atoms with Crippen LogP contribution in [0.4, 0.5) is 0 Å². The molecule has 3 N–H and O–H groups in total. The first-order valence-corrected chi connectivity index (χ1v) is 4.73. The van der Waals surface area contributed by atoms with Crippen LogP contribution in [0, 0.1) is 5.92 Å². The molecule has 3 nitrogen and oxygen atoms in total. The smallest absolute Gasteiger partial charge is 0.0745 e. The van der Waals surface area contributed by atoms with Crippen LogP contribution < -0.4 is 5.73 Å². The zero-order valence-corrected chi connectivity index (χ0v) is 7.70. The van der Waals surface area contributed by atoms with Crippen molar-refractivity contribution in [3.63, 3.8) is 0 Å². The SMILES string of the molecule is CC(O)COC1CCCC1CN. The quantitative estimate of drug-likeness (QED) is 0.651. The van der Waals surface area contributed by atoms with E-state index in [2.05, 4.69) is 0 Å². The second-order valence-corrected chi connectivity index (χ2v) is 3.65. The molecule has 0 heterocycles. The molecule has 72 valence electrons. The van der Waals surface area contributed by atoms with E-state index in [1.54, 1.807) is 6.92 Å². The Morgan fingerprint density at radius 3 is 2.92 bits per heavy atom. The minimum atomic E-state index is -0.357. The van der Waals surface area contributed by atoms with E-state index >= 15 is 0 Å². The highest BCUT2D eigenvalue weighted by Crippen LogP contribution is 2.27. The van der Waals surface area contributed by atoms with Crippen molar-refractivity contribution in [2.75, 3.05) is 13.2 Å². The Kier molecular flexibility index (Phi) is 3.98. The monoisotopic (exact) mass is 173 g/mol. The molecule has 0 saturated heterocycles. The van der Waals surface area contributed by atoms with Crippen molar-refractivity contribution in [3.05, 3.63) is 0 Å². The summed E-state index contributed by atoms with van der Waals surface area (Å²) in [7, 11) is 0. The highest BCUT2D eigenvalue weighted by molar-refractivity contribution is 4.78. The van der Waals surface area contributed by atoms with E-state index < -0.39 is 0 Å². The van der Waals surface area contributed by atoms with Gasteiger partial charge in [0.15, 0.2) is 0 Å². The number of hydrogen-bond donors (Lipinski definition) is 2. The molecule has 0 aromatic heterocycles. The number of aliphatic hydroxyl groups is 1. The Morgan fingerprint density at radius 2 is 2.33 bits per heavy atom. The van der Waals surface area contributed by atoms with E-state index in [0.29, 0.717) is 25.2 Å². The maximum Gasteiger partial charge on any atom is 0.0745 e. The summed E-state index contributed by atoms with van der Waals surface area (Å²) in [5, 5.41) is 9.02. The Labute approximate surface area is 73.9 Å². The molecule has 1 aliphatic carbocycles. The molecule has 12 heavy (non-hydrogen) atoms. The van der Waals surface area contributed by atoms with Crippen molar-refractivity contribution >= 4 is 0 Å². The molecule has 0 aliphatic heterocycles. The predicted octanol–water partition coefficient (Wildman–Crippen LogP) is 0.511. The normalized spacial score (nSPS) is 32.2. The van der Waals surface area contributed by atoms with E-state index in [9.17, 15) is 0 Å². The van der Waals surface area contributed by atoms with E-state index in [-0.39, 0.29) is 6.10 Å². The number of rotatable bonds is 4. The molecule has 0 spiro atoms. The summed E-state index contributed by atoms with van der Waals surface area (Å²) < 4.78 is 5.54. The lowest BCUT2D eigenvalue weighted by molar-refractivity contribution is -0.0174. The van der Waals surface area contributed by atoms with E-state index in [4.69, 9.17) is 15.6 Å². The minimum absolute atomic E-state index is 0.296. The van der Waals surface area contributed by atoms with Crippen LogP contribution in [0.15, 0.2) is 0 Å². The van der Waals surface area contributed by atoms with E-state index in [1.807, 2.05) is 0 Å². The van der Waals surface area contributed by atoms with Crippen molar-refractivity contribution in [2.45, 2.75) is 38.4 Å². The molecule has 1 saturated carbocycles. The zero-order chi connectivity index (χ0) is 8.97. The lowest BCUT2D eigenvalue weighted by atomic mass is 10.1. The van der Waals surface area contributed by atoms with Crippen molar-refractivity contribution in [3.8, 4) is 0 Å². The van der Waals surface area contributed by atoms with Gasteiger partial charge in [0.05, 0.1) is 18.8 Å². The van der Waals surface area contributed by atoms with Crippen LogP contribution in [0.5, 0.6) is 0 Å². The first kappa shape index (κ1) is 9.96. The highest BCUT2D eigenvalue weighted by atomic mass is 16.5. The van der Waals surface area contributed by atoms with Crippen LogP contribution in [0.2, 0.25) is 0 Å². The molecule has 0 radical (unpaired) electrons. The van der Waals surface area contributed by atoms with Gasteiger partial charge in [0.25, 0.3) is 0 Å². The first-order chi connectivity index (χ1) is 5.74. The first-order valence-electron chi connectivity index (χ1n) is 4.73. The van der Waals surface area contributed by atoms with Crippen molar-refractivity contribution in [2.24, 2.45) is 11.7 Å². The summed E-state index contributed by atoms with van der Waals surface area (Å²) >= 11 is 0. The zero-order valence-electron chi connectivity index (χ0n) is 7.70.